The molecular weight excluding hydrogens is 449 g/mol. The second-order valence-corrected chi connectivity index (χ2v) is 8.84. The highest BCUT2D eigenvalue weighted by Gasteiger charge is 2.20. The van der Waals surface area contributed by atoms with Gasteiger partial charge in [-0.15, -0.1) is 0 Å². The number of nitrogens with one attached hydrogen (secondary N) is 2. The van der Waals surface area contributed by atoms with Crippen molar-refractivity contribution in [2.24, 2.45) is 0 Å². The number of ether oxygens (including phenoxy) is 2. The molecule has 2 aromatic carbocycles. The van der Waals surface area contributed by atoms with Gasteiger partial charge in [0.25, 0.3) is 5.91 Å². The molecule has 8 nitrogen and oxygen atoms in total. The molecular formula is C26H32FN5O3. The van der Waals surface area contributed by atoms with E-state index in [0.717, 1.165) is 18.9 Å². The van der Waals surface area contributed by atoms with Crippen LogP contribution in [-0.4, -0.2) is 61.3 Å². The summed E-state index contributed by atoms with van der Waals surface area (Å²) in [5, 5.41) is 6.22. The first-order valence-electron chi connectivity index (χ1n) is 12.0. The van der Waals surface area contributed by atoms with Crippen LogP contribution in [0.25, 0.3) is 11.0 Å². The molecule has 1 aliphatic rings. The number of carbonyl (C=O) groups is 1. The Kier molecular flexibility index (Phi) is 8.09. The molecule has 2 heterocycles. The minimum atomic E-state index is -0.496. The van der Waals surface area contributed by atoms with Gasteiger partial charge in [-0.1, -0.05) is 19.9 Å². The van der Waals surface area contributed by atoms with Gasteiger partial charge in [0.1, 0.15) is 23.5 Å². The zero-order valence-corrected chi connectivity index (χ0v) is 20.4. The van der Waals surface area contributed by atoms with Crippen molar-refractivity contribution >= 4 is 22.8 Å². The number of benzene rings is 2. The molecule has 1 aromatic heterocycles. The molecule has 186 valence electrons. The third-order valence-electron chi connectivity index (χ3n) is 5.77. The summed E-state index contributed by atoms with van der Waals surface area (Å²) in [5.74, 6) is 0.572. The normalized spacial score (nSPS) is 14.8. The number of hydrogen-bond donors (Lipinski definition) is 2. The van der Waals surface area contributed by atoms with E-state index in [-0.39, 0.29) is 11.7 Å². The fraction of sp³-hybridized carbons (Fsp3) is 0.423. The molecule has 9 heteroatoms. The summed E-state index contributed by atoms with van der Waals surface area (Å²) in [6.07, 6.45) is 1.23. The number of aromatic nitrogens is 2. The molecule has 1 amide bonds. The van der Waals surface area contributed by atoms with E-state index >= 15 is 0 Å². The highest BCUT2D eigenvalue weighted by molar-refractivity contribution is 5.98. The van der Waals surface area contributed by atoms with Gasteiger partial charge in [-0.2, -0.15) is 0 Å². The summed E-state index contributed by atoms with van der Waals surface area (Å²) < 4.78 is 25.2. The number of halogens is 1. The van der Waals surface area contributed by atoms with E-state index in [1.165, 1.54) is 12.1 Å². The predicted molar refractivity (Wildman–Crippen MR) is 133 cm³/mol. The van der Waals surface area contributed by atoms with Crippen LogP contribution in [0.2, 0.25) is 0 Å². The van der Waals surface area contributed by atoms with Crippen LogP contribution in [-0.2, 0) is 4.74 Å². The second kappa shape index (κ2) is 11.4. The van der Waals surface area contributed by atoms with Crippen molar-refractivity contribution in [3.8, 4) is 5.75 Å². The number of morpholine rings is 1. The third kappa shape index (κ3) is 6.43. The fourth-order valence-corrected chi connectivity index (χ4v) is 3.96. The Morgan fingerprint density at radius 2 is 1.97 bits per heavy atom. The molecule has 0 spiro atoms. The number of amides is 1. The average molecular weight is 482 g/mol. The standard InChI is InChI=1S/C26H32FN5O3/c1-17(2)28-7-8-29-26(33)19-13-22(18(3)35-21-6-4-5-20(27)15-21)25-23(14-19)30-16-24(31-25)32-9-11-34-12-10-32/h4-6,13-18,28H,7-12H2,1-3H3,(H,29,33). The molecule has 0 aliphatic carbocycles. The Bertz CT molecular complexity index is 1170. The molecule has 2 N–H and O–H groups in total. The SMILES string of the molecule is CC(C)NCCNC(=O)c1cc(C(C)Oc2cccc(F)c2)c2nc(N3CCOCC3)cnc2c1. The Morgan fingerprint density at radius 1 is 1.17 bits per heavy atom. The van der Waals surface area contributed by atoms with Crippen LogP contribution in [0.15, 0.2) is 42.6 Å². The highest BCUT2D eigenvalue weighted by Crippen LogP contribution is 2.29. The quantitative estimate of drug-likeness (QED) is 0.453. The van der Waals surface area contributed by atoms with E-state index in [9.17, 15) is 9.18 Å². The molecule has 0 bridgehead atoms. The van der Waals surface area contributed by atoms with Crippen LogP contribution in [0.5, 0.6) is 5.75 Å². The van der Waals surface area contributed by atoms with Crippen LogP contribution >= 0.6 is 0 Å². The number of hydrogen-bond acceptors (Lipinski definition) is 7. The van der Waals surface area contributed by atoms with Crippen molar-refractivity contribution in [3.63, 3.8) is 0 Å². The van der Waals surface area contributed by atoms with Gasteiger partial charge in [0, 0.05) is 49.4 Å². The number of carbonyl (C=O) groups excluding carboxylic acids is 1. The Hall–Kier alpha value is -3.30. The fourth-order valence-electron chi connectivity index (χ4n) is 3.96. The van der Waals surface area contributed by atoms with Crippen LogP contribution in [0.4, 0.5) is 10.2 Å². The Morgan fingerprint density at radius 3 is 2.71 bits per heavy atom. The van der Waals surface area contributed by atoms with E-state index in [4.69, 9.17) is 14.5 Å². The Balaban J connectivity index is 1.66. The lowest BCUT2D eigenvalue weighted by molar-refractivity contribution is 0.0953. The van der Waals surface area contributed by atoms with Crippen molar-refractivity contribution in [3.05, 3.63) is 59.5 Å². The summed E-state index contributed by atoms with van der Waals surface area (Å²) in [5.41, 5.74) is 2.43. The molecule has 1 saturated heterocycles. The van der Waals surface area contributed by atoms with Gasteiger partial charge in [0.15, 0.2) is 0 Å². The summed E-state index contributed by atoms with van der Waals surface area (Å²) in [6, 6.07) is 9.88. The lowest BCUT2D eigenvalue weighted by atomic mass is 10.0. The second-order valence-electron chi connectivity index (χ2n) is 8.84. The largest absolute Gasteiger partial charge is 0.486 e. The summed E-state index contributed by atoms with van der Waals surface area (Å²) in [6.45, 7) is 9.88. The van der Waals surface area contributed by atoms with Gasteiger partial charge in [-0.3, -0.25) is 9.78 Å². The van der Waals surface area contributed by atoms with Crippen molar-refractivity contribution < 1.29 is 18.7 Å². The number of anilines is 1. The molecule has 35 heavy (non-hydrogen) atoms. The van der Waals surface area contributed by atoms with Crippen molar-refractivity contribution in [2.75, 3.05) is 44.3 Å². The van der Waals surface area contributed by atoms with Gasteiger partial charge in [-0.25, -0.2) is 9.37 Å². The summed E-state index contributed by atoms with van der Waals surface area (Å²) in [4.78, 5) is 24.6. The summed E-state index contributed by atoms with van der Waals surface area (Å²) >= 11 is 0. The minimum absolute atomic E-state index is 0.198. The lowest BCUT2D eigenvalue weighted by Gasteiger charge is -2.28. The lowest BCUT2D eigenvalue weighted by Crippen LogP contribution is -2.36. The smallest absolute Gasteiger partial charge is 0.251 e. The van der Waals surface area contributed by atoms with Crippen LogP contribution in [0.3, 0.4) is 0 Å². The summed E-state index contributed by atoms with van der Waals surface area (Å²) in [7, 11) is 0. The predicted octanol–water partition coefficient (Wildman–Crippen LogP) is 3.47. The van der Waals surface area contributed by atoms with Crippen LogP contribution < -0.4 is 20.3 Å². The van der Waals surface area contributed by atoms with Crippen molar-refractivity contribution in [1.29, 1.82) is 0 Å². The van der Waals surface area contributed by atoms with E-state index in [0.29, 0.717) is 60.3 Å². The molecule has 1 unspecified atom stereocenters. The van der Waals surface area contributed by atoms with Gasteiger partial charge in [-0.05, 0) is 31.2 Å². The molecule has 3 aromatic rings. The first kappa shape index (κ1) is 24.8. The monoisotopic (exact) mass is 481 g/mol. The third-order valence-corrected chi connectivity index (χ3v) is 5.77. The maximum absolute atomic E-state index is 13.7. The van der Waals surface area contributed by atoms with Gasteiger partial charge in [0.2, 0.25) is 0 Å². The number of fused-ring (bicyclic) bond motifs is 1. The van der Waals surface area contributed by atoms with Crippen molar-refractivity contribution in [2.45, 2.75) is 32.9 Å². The maximum atomic E-state index is 13.7. The van der Waals surface area contributed by atoms with Gasteiger partial charge < -0.3 is 25.0 Å². The van der Waals surface area contributed by atoms with E-state index < -0.39 is 6.10 Å². The van der Waals surface area contributed by atoms with Gasteiger partial charge in [0.05, 0.1) is 30.4 Å². The molecule has 4 rings (SSSR count). The first-order chi connectivity index (χ1) is 16.9. The van der Waals surface area contributed by atoms with Crippen LogP contribution in [0.1, 0.15) is 42.8 Å². The van der Waals surface area contributed by atoms with E-state index in [1.807, 2.05) is 6.92 Å². The average Bonchev–Trinajstić information content (AvgIpc) is 2.86. The molecule has 1 aliphatic heterocycles. The highest BCUT2D eigenvalue weighted by atomic mass is 19.1. The van der Waals surface area contributed by atoms with Crippen molar-refractivity contribution in [1.82, 2.24) is 20.6 Å². The molecule has 1 fully saturated rings. The first-order valence-corrected chi connectivity index (χ1v) is 12.0. The zero-order valence-electron chi connectivity index (χ0n) is 20.4. The Labute approximate surface area is 204 Å². The molecule has 1 atom stereocenters. The topological polar surface area (TPSA) is 88.6 Å². The maximum Gasteiger partial charge on any atom is 0.251 e. The minimum Gasteiger partial charge on any atom is -0.486 e. The zero-order chi connectivity index (χ0) is 24.8. The molecule has 0 saturated carbocycles. The number of nitrogens with zero attached hydrogens (tertiary/aromatic N) is 3. The van der Waals surface area contributed by atoms with E-state index in [2.05, 4.69) is 34.4 Å². The molecule has 0 radical (unpaired) electrons. The van der Waals surface area contributed by atoms with Gasteiger partial charge >= 0.3 is 0 Å². The van der Waals surface area contributed by atoms with E-state index in [1.54, 1.807) is 30.5 Å². The number of rotatable bonds is 9. The van der Waals surface area contributed by atoms with Crippen LogP contribution in [0, 0.1) is 5.82 Å².